The number of rotatable bonds is 5. The molecule has 27 heavy (non-hydrogen) atoms. The van der Waals surface area contributed by atoms with Gasteiger partial charge < -0.3 is 24.2 Å². The number of carbonyl (C=O) groups excluding carboxylic acids is 1. The number of nitrogens with zero attached hydrogens (tertiary/aromatic N) is 4. The molecular formula is C18H29N5O4. The van der Waals surface area contributed by atoms with Crippen LogP contribution in [0.15, 0.2) is 4.52 Å². The van der Waals surface area contributed by atoms with Gasteiger partial charge in [-0.1, -0.05) is 5.16 Å². The molecular weight excluding hydrogens is 350 g/mol. The number of amides is 2. The maximum absolute atomic E-state index is 12.4. The van der Waals surface area contributed by atoms with Gasteiger partial charge in [-0.15, -0.1) is 0 Å². The van der Waals surface area contributed by atoms with Crippen molar-refractivity contribution >= 4 is 6.03 Å². The van der Waals surface area contributed by atoms with E-state index in [1.807, 2.05) is 4.90 Å². The number of carbonyl (C=O) groups is 1. The summed E-state index contributed by atoms with van der Waals surface area (Å²) < 4.78 is 16.2. The Morgan fingerprint density at radius 2 is 1.93 bits per heavy atom. The molecule has 3 fully saturated rings. The monoisotopic (exact) mass is 379 g/mol. The molecule has 0 bridgehead atoms. The first kappa shape index (κ1) is 18.6. The van der Waals surface area contributed by atoms with Crippen LogP contribution in [0.2, 0.25) is 0 Å². The van der Waals surface area contributed by atoms with Gasteiger partial charge in [0.25, 0.3) is 5.89 Å². The van der Waals surface area contributed by atoms with E-state index in [0.29, 0.717) is 30.7 Å². The Balaban J connectivity index is 1.16. The zero-order valence-corrected chi connectivity index (χ0v) is 15.8. The summed E-state index contributed by atoms with van der Waals surface area (Å²) in [5.41, 5.74) is 0. The minimum Gasteiger partial charge on any atom is -0.379 e. The fourth-order valence-corrected chi connectivity index (χ4v) is 4.04. The molecule has 3 saturated heterocycles. The molecule has 0 aromatic carbocycles. The lowest BCUT2D eigenvalue weighted by atomic mass is 10.0. The van der Waals surface area contributed by atoms with Crippen LogP contribution in [0.4, 0.5) is 4.79 Å². The van der Waals surface area contributed by atoms with Gasteiger partial charge >= 0.3 is 6.03 Å². The maximum atomic E-state index is 12.4. The molecule has 9 heteroatoms. The highest BCUT2D eigenvalue weighted by Crippen LogP contribution is 2.26. The van der Waals surface area contributed by atoms with Crippen molar-refractivity contribution in [1.29, 1.82) is 0 Å². The molecule has 3 aliphatic heterocycles. The second-order valence-electron chi connectivity index (χ2n) is 7.40. The Kier molecular flexibility index (Phi) is 6.21. The highest BCUT2D eigenvalue weighted by atomic mass is 16.5. The van der Waals surface area contributed by atoms with E-state index in [-0.39, 0.29) is 12.1 Å². The van der Waals surface area contributed by atoms with Crippen LogP contribution in [0.3, 0.4) is 0 Å². The van der Waals surface area contributed by atoms with Gasteiger partial charge in [-0.05, 0) is 25.7 Å². The standard InChI is InChI=1S/C18H29N5O4/c24-18(23-7-4-14(5-8-23)22-9-12-25-13-10-22)19-6-3-16-20-17(27-21-16)15-2-1-11-26-15/h14-15H,1-13H2,(H,19,24)/t15-/m1/s1. The molecule has 1 N–H and O–H groups in total. The molecule has 0 saturated carbocycles. The lowest BCUT2D eigenvalue weighted by Gasteiger charge is -2.40. The first-order valence-electron chi connectivity index (χ1n) is 10.1. The fraction of sp³-hybridized carbons (Fsp3) is 0.833. The van der Waals surface area contributed by atoms with Gasteiger partial charge in [0, 0.05) is 51.8 Å². The SMILES string of the molecule is O=C(NCCc1noc([C@H]2CCCO2)n1)N1CCC(N2CCOCC2)CC1. The summed E-state index contributed by atoms with van der Waals surface area (Å²) in [5, 5.41) is 6.96. The topological polar surface area (TPSA) is 93.0 Å². The minimum absolute atomic E-state index is 0.00160. The normalized spacial score (nSPS) is 25.0. The van der Waals surface area contributed by atoms with E-state index >= 15 is 0 Å². The van der Waals surface area contributed by atoms with Crippen molar-refractivity contribution in [3.8, 4) is 0 Å². The van der Waals surface area contributed by atoms with Crippen molar-refractivity contribution in [2.45, 2.75) is 44.2 Å². The van der Waals surface area contributed by atoms with Crippen LogP contribution >= 0.6 is 0 Å². The molecule has 1 atom stereocenters. The molecule has 0 aliphatic carbocycles. The van der Waals surface area contributed by atoms with Crippen LogP contribution < -0.4 is 5.32 Å². The van der Waals surface area contributed by atoms with Crippen molar-refractivity contribution in [1.82, 2.24) is 25.3 Å². The van der Waals surface area contributed by atoms with E-state index in [2.05, 4.69) is 20.4 Å². The molecule has 9 nitrogen and oxygen atoms in total. The van der Waals surface area contributed by atoms with Crippen LogP contribution in [-0.2, 0) is 15.9 Å². The highest BCUT2D eigenvalue weighted by molar-refractivity contribution is 5.74. The second-order valence-corrected chi connectivity index (χ2v) is 7.40. The first-order chi connectivity index (χ1) is 13.3. The largest absolute Gasteiger partial charge is 0.379 e. The average Bonchev–Trinajstić information content (AvgIpc) is 3.40. The number of hydrogen-bond acceptors (Lipinski definition) is 7. The molecule has 0 unspecified atom stereocenters. The van der Waals surface area contributed by atoms with Gasteiger partial charge in [0.05, 0.1) is 13.2 Å². The third-order valence-electron chi connectivity index (χ3n) is 5.63. The number of urea groups is 1. The molecule has 4 rings (SSSR count). The van der Waals surface area contributed by atoms with Gasteiger partial charge in [0.2, 0.25) is 0 Å². The van der Waals surface area contributed by atoms with Crippen molar-refractivity contribution < 1.29 is 18.8 Å². The van der Waals surface area contributed by atoms with Crippen molar-refractivity contribution in [2.24, 2.45) is 0 Å². The van der Waals surface area contributed by atoms with Crippen LogP contribution in [0.25, 0.3) is 0 Å². The molecule has 0 radical (unpaired) electrons. The molecule has 2 amide bonds. The lowest BCUT2D eigenvalue weighted by molar-refractivity contribution is 0.00381. The zero-order chi connectivity index (χ0) is 18.5. The molecule has 1 aromatic rings. The maximum Gasteiger partial charge on any atom is 0.317 e. The summed E-state index contributed by atoms with van der Waals surface area (Å²) in [4.78, 5) is 21.2. The van der Waals surface area contributed by atoms with Crippen LogP contribution in [0, 0.1) is 0 Å². The Bertz CT molecular complexity index is 605. The Morgan fingerprint density at radius 1 is 1.11 bits per heavy atom. The van der Waals surface area contributed by atoms with E-state index in [0.717, 1.165) is 71.7 Å². The van der Waals surface area contributed by atoms with Crippen LogP contribution in [0.1, 0.15) is 43.5 Å². The lowest BCUT2D eigenvalue weighted by Crippen LogP contribution is -2.52. The molecule has 4 heterocycles. The number of aromatic nitrogens is 2. The number of nitrogens with one attached hydrogen (secondary N) is 1. The highest BCUT2D eigenvalue weighted by Gasteiger charge is 2.28. The summed E-state index contributed by atoms with van der Waals surface area (Å²) in [6.07, 6.45) is 4.52. The van der Waals surface area contributed by atoms with Crippen molar-refractivity contribution in [3.05, 3.63) is 11.7 Å². The number of likely N-dealkylation sites (tertiary alicyclic amines) is 1. The average molecular weight is 379 g/mol. The van der Waals surface area contributed by atoms with Gasteiger partial charge in [-0.2, -0.15) is 4.98 Å². The van der Waals surface area contributed by atoms with Crippen LogP contribution in [-0.4, -0.2) is 84.6 Å². The van der Waals surface area contributed by atoms with E-state index in [4.69, 9.17) is 14.0 Å². The number of piperidine rings is 1. The van der Waals surface area contributed by atoms with Crippen LogP contribution in [0.5, 0.6) is 0 Å². The minimum atomic E-state index is -0.0615. The third-order valence-corrected chi connectivity index (χ3v) is 5.63. The number of ether oxygens (including phenoxy) is 2. The number of hydrogen-bond donors (Lipinski definition) is 1. The molecule has 1 aromatic heterocycles. The predicted molar refractivity (Wildman–Crippen MR) is 96.3 cm³/mol. The first-order valence-corrected chi connectivity index (χ1v) is 10.1. The summed E-state index contributed by atoms with van der Waals surface area (Å²) in [7, 11) is 0. The van der Waals surface area contributed by atoms with Gasteiger partial charge in [0.15, 0.2) is 5.82 Å². The Morgan fingerprint density at radius 3 is 2.67 bits per heavy atom. The van der Waals surface area contributed by atoms with Gasteiger partial charge in [0.1, 0.15) is 6.10 Å². The quantitative estimate of drug-likeness (QED) is 0.815. The molecule has 150 valence electrons. The predicted octanol–water partition coefficient (Wildman–Crippen LogP) is 0.970. The fourth-order valence-electron chi connectivity index (χ4n) is 4.04. The molecule has 0 spiro atoms. The van der Waals surface area contributed by atoms with E-state index in [9.17, 15) is 4.79 Å². The Hall–Kier alpha value is -1.71. The summed E-state index contributed by atoms with van der Waals surface area (Å²) in [6.45, 7) is 6.54. The Labute approximate surface area is 159 Å². The van der Waals surface area contributed by atoms with Gasteiger partial charge in [-0.3, -0.25) is 4.90 Å². The van der Waals surface area contributed by atoms with Crippen molar-refractivity contribution in [3.63, 3.8) is 0 Å². The zero-order valence-electron chi connectivity index (χ0n) is 15.8. The molecule has 3 aliphatic rings. The van der Waals surface area contributed by atoms with E-state index in [1.165, 1.54) is 0 Å². The summed E-state index contributed by atoms with van der Waals surface area (Å²) >= 11 is 0. The number of morpholine rings is 1. The summed E-state index contributed by atoms with van der Waals surface area (Å²) in [6, 6.07) is 0.576. The smallest absolute Gasteiger partial charge is 0.317 e. The van der Waals surface area contributed by atoms with Gasteiger partial charge in [-0.25, -0.2) is 4.79 Å². The van der Waals surface area contributed by atoms with E-state index in [1.54, 1.807) is 0 Å². The van der Waals surface area contributed by atoms with Crippen molar-refractivity contribution in [2.75, 3.05) is 52.5 Å². The second kappa shape index (κ2) is 8.99. The third kappa shape index (κ3) is 4.77. The summed E-state index contributed by atoms with van der Waals surface area (Å²) in [5.74, 6) is 1.17. The van der Waals surface area contributed by atoms with E-state index < -0.39 is 0 Å².